The van der Waals surface area contributed by atoms with Crippen molar-refractivity contribution in [3.63, 3.8) is 0 Å². The van der Waals surface area contributed by atoms with E-state index in [2.05, 4.69) is 52.2 Å². The summed E-state index contributed by atoms with van der Waals surface area (Å²) in [5.41, 5.74) is 5.86. The molecule has 0 radical (unpaired) electrons. The van der Waals surface area contributed by atoms with E-state index in [1.165, 1.54) is 31.3 Å². The van der Waals surface area contributed by atoms with Crippen molar-refractivity contribution in [2.24, 2.45) is 5.73 Å². The molecule has 0 bridgehead atoms. The van der Waals surface area contributed by atoms with Crippen LogP contribution in [0.25, 0.3) is 11.2 Å². The number of methoxy groups -OCH3 is 1. The molecule has 374 valence electrons. The first-order valence-electron chi connectivity index (χ1n) is 22.1. The number of benzene rings is 1. The molecule has 0 aliphatic carbocycles. The first kappa shape index (κ1) is 53.8. The molecule has 12 N–H and O–H groups in total. The van der Waals surface area contributed by atoms with Gasteiger partial charge < -0.3 is 72.3 Å². The summed E-state index contributed by atoms with van der Waals surface area (Å²) in [7, 11) is 5.07. The van der Waals surface area contributed by atoms with Gasteiger partial charge in [0.15, 0.2) is 29.2 Å². The lowest BCUT2D eigenvalue weighted by molar-refractivity contribution is -0.133. The smallest absolute Gasteiger partial charge is 0.408 e. The number of amides is 6. The van der Waals surface area contributed by atoms with Crippen LogP contribution in [0.15, 0.2) is 36.9 Å². The Balaban J connectivity index is 1.54. The number of ether oxygens (including phenoxy) is 3. The molecule has 4 rings (SSSR count). The number of aliphatic hydroxyl groups excluding tert-OH is 2. The molecule has 1 aliphatic rings. The number of carbonyl (C=O) groups is 6. The molecule has 2 aromatic heterocycles. The molecular formula is C43H66N14O11. The average Bonchev–Trinajstić information content (AvgIpc) is 3.84. The summed E-state index contributed by atoms with van der Waals surface area (Å²) < 4.78 is 18.1. The van der Waals surface area contributed by atoms with E-state index < -0.39 is 91.1 Å². The Labute approximate surface area is 393 Å². The topological polar surface area (TPSA) is 351 Å². The molecule has 1 aromatic carbocycles. The van der Waals surface area contributed by atoms with E-state index in [1.807, 2.05) is 0 Å². The Morgan fingerprint density at radius 2 is 1.57 bits per heavy atom. The molecule has 7 atom stereocenters. The fourth-order valence-corrected chi connectivity index (χ4v) is 7.19. The van der Waals surface area contributed by atoms with Crippen LogP contribution in [0.3, 0.4) is 0 Å². The maximum absolute atomic E-state index is 14.3. The standard InChI is InChI=1S/C43H66N14O11/c1-24(59)46-17-9-8-11-28(52-31(60)20-48-37(62)27(12-10-18-47-41(44)45)54-42(65)68-43(2,3)4)38(63)53-29(19-25-13-15-26(66-7)16-14-25)39(64)55-32-30(21-58)67-40(34(32)61)57-23-51-33-35(56(5)6)49-22-50-36(33)57/h13-16,22-23,27-30,32,34,40,58,61H,8-12,17-21H2,1-7H3,(H,46,59)(H,48,62)(H,52,60)(H,53,63)(H,54,65)(H,55,64)(H4,44,45,47)/t27?,28?,29?,30-,32?,34+,40-/m1/s1. The second-order valence-electron chi connectivity index (χ2n) is 17.3. The third-order valence-corrected chi connectivity index (χ3v) is 10.5. The van der Waals surface area contributed by atoms with Crippen LogP contribution < -0.4 is 52.6 Å². The molecule has 1 fully saturated rings. The zero-order valence-electron chi connectivity index (χ0n) is 39.5. The van der Waals surface area contributed by atoms with E-state index in [9.17, 15) is 39.0 Å². The highest BCUT2D eigenvalue weighted by Gasteiger charge is 2.46. The maximum Gasteiger partial charge on any atom is 0.408 e. The molecule has 4 unspecified atom stereocenters. The number of rotatable bonds is 24. The molecular weight excluding hydrogens is 889 g/mol. The van der Waals surface area contributed by atoms with E-state index in [1.54, 1.807) is 64.0 Å². The minimum Gasteiger partial charge on any atom is -0.497 e. The third-order valence-electron chi connectivity index (χ3n) is 10.5. The number of hydrogen-bond donors (Lipinski definition) is 11. The van der Waals surface area contributed by atoms with Gasteiger partial charge in [0, 0.05) is 40.5 Å². The molecule has 25 nitrogen and oxygen atoms in total. The van der Waals surface area contributed by atoms with E-state index in [4.69, 9.17) is 25.4 Å². The Kier molecular flexibility index (Phi) is 20.0. The van der Waals surface area contributed by atoms with Crippen LogP contribution in [0, 0.1) is 5.41 Å². The summed E-state index contributed by atoms with van der Waals surface area (Å²) >= 11 is 0. The highest BCUT2D eigenvalue weighted by Crippen LogP contribution is 2.33. The van der Waals surface area contributed by atoms with Crippen LogP contribution in [0.2, 0.25) is 0 Å². The molecule has 68 heavy (non-hydrogen) atoms. The van der Waals surface area contributed by atoms with Crippen LogP contribution in [-0.2, 0) is 39.9 Å². The molecule has 3 heterocycles. The van der Waals surface area contributed by atoms with Gasteiger partial charge in [0.2, 0.25) is 29.5 Å². The van der Waals surface area contributed by atoms with Gasteiger partial charge in [-0.05, 0) is 70.6 Å². The fraction of sp³-hybridized carbons (Fsp3) is 0.581. The van der Waals surface area contributed by atoms with Crippen LogP contribution in [-0.4, -0.2) is 161 Å². The minimum atomic E-state index is -1.44. The number of hydrogen-bond acceptors (Lipinski definition) is 16. The number of anilines is 1. The number of aromatic nitrogens is 4. The normalized spacial score (nSPS) is 18.0. The number of nitrogens with zero attached hydrogens (tertiary/aromatic N) is 5. The predicted octanol–water partition coefficient (Wildman–Crippen LogP) is -1.57. The van der Waals surface area contributed by atoms with Gasteiger partial charge in [0.25, 0.3) is 0 Å². The van der Waals surface area contributed by atoms with Crippen molar-refractivity contribution in [3.05, 3.63) is 42.5 Å². The van der Waals surface area contributed by atoms with Crippen LogP contribution in [0.1, 0.15) is 71.6 Å². The lowest BCUT2D eigenvalue weighted by atomic mass is 10.0. The number of fused-ring (bicyclic) bond motifs is 1. The summed E-state index contributed by atoms with van der Waals surface area (Å²) in [6.07, 6.45) is -0.671. The van der Waals surface area contributed by atoms with E-state index in [0.717, 1.165) is 0 Å². The second-order valence-corrected chi connectivity index (χ2v) is 17.3. The summed E-state index contributed by atoms with van der Waals surface area (Å²) in [5.74, 6) is -2.47. The van der Waals surface area contributed by atoms with Gasteiger partial charge in [-0.1, -0.05) is 12.1 Å². The highest BCUT2D eigenvalue weighted by atomic mass is 16.6. The van der Waals surface area contributed by atoms with Crippen LogP contribution in [0.4, 0.5) is 10.6 Å². The van der Waals surface area contributed by atoms with Gasteiger partial charge in [-0.3, -0.25) is 33.9 Å². The quantitative estimate of drug-likeness (QED) is 0.0274. The van der Waals surface area contributed by atoms with Crippen molar-refractivity contribution in [2.45, 2.75) is 114 Å². The highest BCUT2D eigenvalue weighted by molar-refractivity contribution is 5.94. The molecule has 0 spiro atoms. The first-order chi connectivity index (χ1) is 32.2. The fourth-order valence-electron chi connectivity index (χ4n) is 7.19. The maximum atomic E-state index is 14.3. The molecule has 1 saturated heterocycles. The molecule has 6 amide bonds. The van der Waals surface area contributed by atoms with Crippen molar-refractivity contribution >= 4 is 58.6 Å². The third kappa shape index (κ3) is 16.2. The monoisotopic (exact) mass is 955 g/mol. The van der Waals surface area contributed by atoms with E-state index in [-0.39, 0.29) is 37.7 Å². The Morgan fingerprint density at radius 3 is 2.21 bits per heavy atom. The van der Waals surface area contributed by atoms with Gasteiger partial charge in [-0.15, -0.1) is 0 Å². The Bertz CT molecular complexity index is 2200. The lowest BCUT2D eigenvalue weighted by Gasteiger charge is -2.27. The summed E-state index contributed by atoms with van der Waals surface area (Å²) in [6, 6.07) is 1.85. The second kappa shape index (κ2) is 25.3. The predicted molar refractivity (Wildman–Crippen MR) is 247 cm³/mol. The number of carbonyl (C=O) groups excluding carboxylic acids is 6. The van der Waals surface area contributed by atoms with Gasteiger partial charge in [0.1, 0.15) is 48.0 Å². The van der Waals surface area contributed by atoms with Gasteiger partial charge in [-0.25, -0.2) is 19.7 Å². The van der Waals surface area contributed by atoms with Crippen molar-refractivity contribution in [1.29, 1.82) is 5.41 Å². The van der Waals surface area contributed by atoms with Crippen LogP contribution >= 0.6 is 0 Å². The van der Waals surface area contributed by atoms with E-state index in [0.29, 0.717) is 54.1 Å². The molecule has 0 saturated carbocycles. The zero-order valence-corrected chi connectivity index (χ0v) is 39.5. The van der Waals surface area contributed by atoms with Crippen molar-refractivity contribution < 1.29 is 53.2 Å². The number of imidazole rings is 1. The number of nitrogens with two attached hydrogens (primary N) is 1. The Morgan fingerprint density at radius 1 is 0.897 bits per heavy atom. The lowest BCUT2D eigenvalue weighted by Crippen LogP contribution is -2.58. The van der Waals surface area contributed by atoms with Crippen molar-refractivity contribution in [2.75, 3.05) is 52.3 Å². The largest absolute Gasteiger partial charge is 0.497 e. The minimum absolute atomic E-state index is 0.0509. The number of nitrogens with one attached hydrogen (secondary N) is 8. The van der Waals surface area contributed by atoms with Gasteiger partial charge in [0.05, 0.1) is 32.6 Å². The number of unbranched alkanes of at least 4 members (excludes halogenated alkanes) is 1. The zero-order chi connectivity index (χ0) is 50.1. The summed E-state index contributed by atoms with van der Waals surface area (Å²) in [5, 5.41) is 47.9. The first-order valence-corrected chi connectivity index (χ1v) is 22.1. The van der Waals surface area contributed by atoms with Crippen molar-refractivity contribution in [1.82, 2.24) is 56.7 Å². The summed E-state index contributed by atoms with van der Waals surface area (Å²) in [4.78, 5) is 94.3. The summed E-state index contributed by atoms with van der Waals surface area (Å²) in [6.45, 7) is 5.63. The number of aliphatic hydroxyl groups is 2. The number of alkyl carbamates (subject to hydrolysis) is 1. The SMILES string of the molecule is COc1ccc(CC(NC(=O)C(CCCCNC(C)=O)NC(=O)CNC(=O)C(CCCNC(=N)N)NC(=O)OC(C)(C)C)C(=O)NC2[C@@H](CO)O[C@@H](n3cnc4c(N(C)C)ncnc43)[C@H]2O)cc1. The van der Waals surface area contributed by atoms with Crippen molar-refractivity contribution in [3.8, 4) is 5.75 Å². The average molecular weight is 955 g/mol. The van der Waals surface area contributed by atoms with E-state index >= 15 is 0 Å². The molecule has 1 aliphatic heterocycles. The number of guanidine groups is 1. The Hall–Kier alpha value is -6.86. The van der Waals surface area contributed by atoms with Gasteiger partial charge >= 0.3 is 6.09 Å². The van der Waals surface area contributed by atoms with Gasteiger partial charge in [-0.2, -0.15) is 0 Å². The molecule has 25 heteroatoms. The molecule has 3 aromatic rings. The van der Waals surface area contributed by atoms with Crippen LogP contribution in [0.5, 0.6) is 5.75 Å².